The van der Waals surface area contributed by atoms with Gasteiger partial charge in [-0.1, -0.05) is 6.07 Å². The summed E-state index contributed by atoms with van der Waals surface area (Å²) in [5.74, 6) is -7.20. The lowest BCUT2D eigenvalue weighted by Crippen LogP contribution is -2.55. The van der Waals surface area contributed by atoms with Gasteiger partial charge >= 0.3 is 5.92 Å². The minimum atomic E-state index is -3.65. The van der Waals surface area contributed by atoms with Crippen LogP contribution in [0, 0.1) is 23.0 Å². The molecule has 18 heteroatoms. The Morgan fingerprint density at radius 3 is 2.37 bits per heavy atom. The van der Waals surface area contributed by atoms with Crippen molar-refractivity contribution in [1.29, 1.82) is 0 Å². The summed E-state index contributed by atoms with van der Waals surface area (Å²) in [7, 11) is 2.61. The van der Waals surface area contributed by atoms with Crippen LogP contribution in [0.5, 0.6) is 5.75 Å². The molecule has 1 saturated carbocycles. The quantitative estimate of drug-likeness (QED) is 0.169. The van der Waals surface area contributed by atoms with Crippen molar-refractivity contribution in [3.8, 4) is 5.75 Å². The number of rotatable bonds is 10. The third kappa shape index (κ3) is 8.62. The van der Waals surface area contributed by atoms with Gasteiger partial charge in [-0.15, -0.1) is 0 Å². The number of halogens is 4. The lowest BCUT2D eigenvalue weighted by molar-refractivity contribution is -0.140. The lowest BCUT2D eigenvalue weighted by atomic mass is 9.60. The van der Waals surface area contributed by atoms with Gasteiger partial charge in [0.15, 0.2) is 5.82 Å². The van der Waals surface area contributed by atoms with Crippen LogP contribution in [-0.2, 0) is 14.4 Å². The first kappa shape index (κ1) is 43.1. The topological polar surface area (TPSA) is 152 Å². The Hall–Kier alpha value is -5.52. The number of hydrogen-bond acceptors (Lipinski definition) is 11. The van der Waals surface area contributed by atoms with E-state index in [0.717, 1.165) is 82.2 Å². The molecule has 5 heterocycles. The summed E-state index contributed by atoms with van der Waals surface area (Å²) in [4.78, 5) is 65.1. The highest BCUT2D eigenvalue weighted by atomic mass is 19.3. The summed E-state index contributed by atoms with van der Waals surface area (Å²) in [6.07, 6.45) is 7.44. The predicted molar refractivity (Wildman–Crippen MR) is 224 cm³/mol. The molecule has 1 atom stereocenters. The van der Waals surface area contributed by atoms with Crippen molar-refractivity contribution in [3.63, 3.8) is 0 Å². The number of hydrogen-bond donors (Lipinski definition) is 3. The van der Waals surface area contributed by atoms with Crippen molar-refractivity contribution in [2.75, 3.05) is 73.4 Å². The molecule has 0 radical (unpaired) electrons. The molecule has 8 rings (SSSR count). The van der Waals surface area contributed by atoms with Gasteiger partial charge in [0.2, 0.25) is 17.8 Å². The number of benzene rings is 2. The summed E-state index contributed by atoms with van der Waals surface area (Å²) in [5, 5.41) is 8.24. The maximum Gasteiger partial charge on any atom is 0.342 e. The van der Waals surface area contributed by atoms with Crippen LogP contribution >= 0.6 is 0 Å². The maximum atomic E-state index is 15.6. The molecule has 4 fully saturated rings. The van der Waals surface area contributed by atoms with Gasteiger partial charge in [-0.05, 0) is 107 Å². The molecule has 3 aromatic rings. The number of alkyl halides is 2. The molecule has 3 saturated heterocycles. The van der Waals surface area contributed by atoms with E-state index in [2.05, 4.69) is 35.7 Å². The van der Waals surface area contributed by atoms with Crippen molar-refractivity contribution in [2.45, 2.75) is 89.1 Å². The summed E-state index contributed by atoms with van der Waals surface area (Å²) >= 11 is 0. The zero-order valence-corrected chi connectivity index (χ0v) is 35.4. The highest BCUT2D eigenvalue weighted by Crippen LogP contribution is 2.49. The largest absolute Gasteiger partial charge is 0.495 e. The van der Waals surface area contributed by atoms with E-state index in [1.807, 2.05) is 0 Å². The summed E-state index contributed by atoms with van der Waals surface area (Å²) in [5.41, 5.74) is 1.31. The number of imide groups is 1. The fourth-order valence-electron chi connectivity index (χ4n) is 9.83. The molecule has 14 nitrogen and oxygen atoms in total. The van der Waals surface area contributed by atoms with Crippen molar-refractivity contribution >= 4 is 52.5 Å². The molecule has 1 unspecified atom stereocenters. The Morgan fingerprint density at radius 1 is 0.984 bits per heavy atom. The second-order valence-corrected chi connectivity index (χ2v) is 17.9. The van der Waals surface area contributed by atoms with E-state index in [1.165, 1.54) is 37.4 Å². The molecular weight excluding hydrogens is 811 g/mol. The minimum Gasteiger partial charge on any atom is -0.495 e. The molecule has 2 aromatic carbocycles. The smallest absolute Gasteiger partial charge is 0.342 e. The van der Waals surface area contributed by atoms with Gasteiger partial charge < -0.3 is 35.0 Å². The monoisotopic (exact) mass is 863 g/mol. The van der Waals surface area contributed by atoms with Crippen molar-refractivity contribution in [2.24, 2.45) is 11.3 Å². The molecule has 4 amide bonds. The Labute approximate surface area is 357 Å². The van der Waals surface area contributed by atoms with Crippen LogP contribution in [-0.4, -0.2) is 110 Å². The second kappa shape index (κ2) is 17.0. The summed E-state index contributed by atoms with van der Waals surface area (Å²) in [6.45, 7) is 6.94. The number of nitrogens with zero attached hydrogens (tertiary/aromatic N) is 6. The fourth-order valence-corrected chi connectivity index (χ4v) is 9.83. The number of carbonyl (C=O) groups excluding carboxylic acids is 4. The van der Waals surface area contributed by atoms with Crippen molar-refractivity contribution in [3.05, 3.63) is 59.3 Å². The standard InChI is InChI=1S/C44H53F4N9O5/c1-25(2)57-24-44(47,48)41(61)54(3)35-22-49-42(53-38(35)57)51-33-19-31(45)30(18-36(33)62-4)40(60)50-28-20-43(21-28)11-15-55(16-12-43)23-26-9-13-56(14-10-26)34-7-5-27(17-32(34)46)29-6-8-37(58)52-39(29)59/h5,7,17-19,22,25-26,28-29H,6,8-16,20-21,23-24H2,1-4H3,(H,50,60)(H,49,51,53)(H,52,58,59). The van der Waals surface area contributed by atoms with Gasteiger partial charge in [-0.25, -0.2) is 13.8 Å². The second-order valence-electron chi connectivity index (χ2n) is 17.9. The maximum absolute atomic E-state index is 15.6. The Kier molecular flexibility index (Phi) is 11.8. The number of likely N-dealkylation sites (tertiary alicyclic amines) is 1. The van der Waals surface area contributed by atoms with E-state index >= 15 is 8.78 Å². The average Bonchev–Trinajstić information content (AvgIpc) is 3.29. The summed E-state index contributed by atoms with van der Waals surface area (Å²) < 4.78 is 65.9. The molecule has 1 spiro atoms. The summed E-state index contributed by atoms with van der Waals surface area (Å²) in [6, 6.07) is 6.88. The van der Waals surface area contributed by atoms with Gasteiger partial charge in [-0.2, -0.15) is 13.8 Å². The molecule has 4 aliphatic heterocycles. The number of ether oxygens (including phenoxy) is 1. The lowest BCUT2D eigenvalue weighted by Gasteiger charge is -2.52. The molecule has 3 N–H and O–H groups in total. The van der Waals surface area contributed by atoms with E-state index in [0.29, 0.717) is 23.6 Å². The number of aromatic nitrogens is 2. The van der Waals surface area contributed by atoms with Crippen LogP contribution in [0.25, 0.3) is 0 Å². The zero-order chi connectivity index (χ0) is 44.1. The first-order valence-corrected chi connectivity index (χ1v) is 21.4. The molecule has 1 aliphatic carbocycles. The van der Waals surface area contributed by atoms with Gasteiger partial charge in [0.05, 0.1) is 42.7 Å². The molecule has 332 valence electrons. The van der Waals surface area contributed by atoms with E-state index in [9.17, 15) is 28.0 Å². The zero-order valence-electron chi connectivity index (χ0n) is 35.4. The van der Waals surface area contributed by atoms with Crippen molar-refractivity contribution < 1.29 is 41.5 Å². The minimum absolute atomic E-state index is 0.0454. The van der Waals surface area contributed by atoms with Crippen molar-refractivity contribution in [1.82, 2.24) is 25.5 Å². The van der Waals surface area contributed by atoms with Crippen LogP contribution < -0.4 is 35.4 Å². The number of amides is 4. The van der Waals surface area contributed by atoms with E-state index in [1.54, 1.807) is 26.0 Å². The number of piperidine rings is 3. The Bertz CT molecular complexity index is 2240. The van der Waals surface area contributed by atoms with Crippen LogP contribution in [0.15, 0.2) is 36.5 Å². The van der Waals surface area contributed by atoms with Crippen LogP contribution in [0.1, 0.15) is 87.1 Å². The van der Waals surface area contributed by atoms with Gasteiger partial charge in [0.25, 0.3) is 11.8 Å². The predicted octanol–water partition coefficient (Wildman–Crippen LogP) is 5.74. The van der Waals surface area contributed by atoms with Crippen LogP contribution in [0.4, 0.5) is 46.4 Å². The van der Waals surface area contributed by atoms with Gasteiger partial charge in [0, 0.05) is 51.3 Å². The first-order valence-electron chi connectivity index (χ1n) is 21.4. The number of methoxy groups -OCH3 is 1. The van der Waals surface area contributed by atoms with Crippen LogP contribution in [0.3, 0.4) is 0 Å². The van der Waals surface area contributed by atoms with E-state index in [4.69, 9.17) is 4.74 Å². The number of fused-ring (bicyclic) bond motifs is 1. The van der Waals surface area contributed by atoms with Gasteiger partial charge in [0.1, 0.15) is 23.1 Å². The Morgan fingerprint density at radius 2 is 1.71 bits per heavy atom. The number of nitrogens with one attached hydrogen (secondary N) is 3. The molecule has 0 bridgehead atoms. The molecule has 62 heavy (non-hydrogen) atoms. The highest BCUT2D eigenvalue weighted by molar-refractivity contribution is 6.02. The number of anilines is 5. The third-order valence-corrected chi connectivity index (χ3v) is 13.5. The first-order chi connectivity index (χ1) is 29.5. The fraction of sp³-hybridized carbons (Fsp3) is 0.545. The molecule has 1 aromatic heterocycles. The SMILES string of the molecule is COc1cc(C(=O)NC2CC3(CCN(CC4CCN(c5ccc(C6CCC(=O)NC6=O)cc5F)CC4)CC3)C2)c(F)cc1Nc1ncc2c(n1)N(C(C)C)CC(F)(F)C(=O)N2C. The third-order valence-electron chi connectivity index (χ3n) is 13.5. The van der Waals surface area contributed by atoms with Gasteiger partial charge in [-0.3, -0.25) is 24.5 Å². The number of carbonyl (C=O) groups is 4. The Balaban J connectivity index is 0.808. The highest BCUT2D eigenvalue weighted by Gasteiger charge is 2.48. The van der Waals surface area contributed by atoms with E-state index < -0.39 is 42.1 Å². The van der Waals surface area contributed by atoms with E-state index in [-0.39, 0.29) is 70.0 Å². The van der Waals surface area contributed by atoms with Crippen LogP contribution in [0.2, 0.25) is 0 Å². The molecule has 5 aliphatic rings. The normalized spacial score (nSPS) is 22.0. The average molecular weight is 864 g/mol. The molecular formula is C44H53F4N9O5.